The quantitative estimate of drug-likeness (QED) is 0.337. The Bertz CT molecular complexity index is 1400. The zero-order valence-corrected chi connectivity index (χ0v) is 20.9. The minimum Gasteiger partial charge on any atom is -0.493 e. The maximum Gasteiger partial charge on any atom is 0.337 e. The number of ether oxygens (including phenoxy) is 2. The number of rotatable bonds is 7. The van der Waals surface area contributed by atoms with Crippen LogP contribution in [0.2, 0.25) is 0 Å². The summed E-state index contributed by atoms with van der Waals surface area (Å²) in [6, 6.07) is 18.5. The Hall–Kier alpha value is -4.33. The summed E-state index contributed by atoms with van der Waals surface area (Å²) in [7, 11) is 1.37. The fraction of sp³-hybridized carbons (Fsp3) is 0.276. The molecule has 0 radical (unpaired) electrons. The van der Waals surface area contributed by atoms with Crippen LogP contribution in [0.15, 0.2) is 71.3 Å². The Morgan fingerprint density at radius 1 is 1.08 bits per heavy atom. The van der Waals surface area contributed by atoms with E-state index in [0.717, 1.165) is 42.7 Å². The first-order valence-corrected chi connectivity index (χ1v) is 12.3. The van der Waals surface area contributed by atoms with Gasteiger partial charge < -0.3 is 24.1 Å². The van der Waals surface area contributed by atoms with Crippen LogP contribution < -0.4 is 15.0 Å². The number of hydrogen-bond acceptors (Lipinski definition) is 7. The van der Waals surface area contributed by atoms with Gasteiger partial charge in [-0.1, -0.05) is 24.3 Å². The van der Waals surface area contributed by atoms with E-state index in [4.69, 9.17) is 13.9 Å². The summed E-state index contributed by atoms with van der Waals surface area (Å²) in [5, 5.41) is 3.82. The second-order valence-electron chi connectivity index (χ2n) is 9.17. The zero-order valence-electron chi connectivity index (χ0n) is 20.9. The number of nitrogens with one attached hydrogen (secondary N) is 1. The Morgan fingerprint density at radius 2 is 1.89 bits per heavy atom. The molecular weight excluding hydrogens is 470 g/mol. The fourth-order valence-corrected chi connectivity index (χ4v) is 4.60. The second-order valence-corrected chi connectivity index (χ2v) is 9.17. The van der Waals surface area contributed by atoms with Gasteiger partial charge >= 0.3 is 5.97 Å². The number of fused-ring (bicyclic) bond motifs is 1. The maximum absolute atomic E-state index is 12.8. The average molecular weight is 500 g/mol. The van der Waals surface area contributed by atoms with Crippen molar-refractivity contribution in [3.63, 3.8) is 0 Å². The first-order valence-electron chi connectivity index (χ1n) is 12.3. The molecule has 0 unspecified atom stereocenters. The molecule has 1 N–H and O–H groups in total. The molecule has 5 rings (SSSR count). The molecule has 0 bridgehead atoms. The molecule has 0 spiro atoms. The van der Waals surface area contributed by atoms with E-state index in [2.05, 4.69) is 15.2 Å². The molecule has 2 aromatic heterocycles. The van der Waals surface area contributed by atoms with Gasteiger partial charge in [0, 0.05) is 24.0 Å². The molecule has 4 aromatic rings. The second kappa shape index (κ2) is 10.7. The molecule has 8 nitrogen and oxygen atoms in total. The maximum atomic E-state index is 12.8. The molecule has 3 heterocycles. The number of anilines is 2. The van der Waals surface area contributed by atoms with Crippen molar-refractivity contribution in [1.82, 2.24) is 4.98 Å². The Kier molecular flexibility index (Phi) is 7.07. The number of piperidine rings is 1. The van der Waals surface area contributed by atoms with Crippen LogP contribution >= 0.6 is 0 Å². The number of hydrogen-bond donors (Lipinski definition) is 1. The summed E-state index contributed by atoms with van der Waals surface area (Å²) in [6.45, 7) is 4.22. The van der Waals surface area contributed by atoms with E-state index in [-0.39, 0.29) is 11.9 Å². The Morgan fingerprint density at radius 3 is 2.62 bits per heavy atom. The van der Waals surface area contributed by atoms with Gasteiger partial charge in [0.2, 0.25) is 0 Å². The predicted octanol–water partition coefficient (Wildman–Crippen LogP) is 5.47. The number of methoxy groups -OCH3 is 1. The van der Waals surface area contributed by atoms with E-state index in [1.807, 2.05) is 49.4 Å². The number of furan rings is 1. The van der Waals surface area contributed by atoms with Crippen molar-refractivity contribution in [2.45, 2.75) is 19.8 Å². The molecule has 0 aliphatic carbocycles. The summed E-state index contributed by atoms with van der Waals surface area (Å²) in [4.78, 5) is 31.3. The number of esters is 1. The molecule has 37 heavy (non-hydrogen) atoms. The van der Waals surface area contributed by atoms with E-state index in [1.165, 1.54) is 7.11 Å². The van der Waals surface area contributed by atoms with Crippen molar-refractivity contribution in [3.05, 3.63) is 83.7 Å². The molecule has 1 amide bonds. The largest absolute Gasteiger partial charge is 0.493 e. The topological polar surface area (TPSA) is 93.9 Å². The number of carbonyl (C=O) groups is 2. The summed E-state index contributed by atoms with van der Waals surface area (Å²) in [5.74, 6) is 1.61. The zero-order chi connectivity index (χ0) is 25.8. The lowest BCUT2D eigenvalue weighted by Crippen LogP contribution is -2.36. The van der Waals surface area contributed by atoms with Crippen molar-refractivity contribution in [3.8, 4) is 5.75 Å². The molecule has 1 aliphatic heterocycles. The third kappa shape index (κ3) is 5.43. The fourth-order valence-electron chi connectivity index (χ4n) is 4.60. The van der Waals surface area contributed by atoms with E-state index < -0.39 is 0 Å². The number of para-hydroxylation sites is 1. The molecular formula is C29H29N3O5. The molecule has 1 aliphatic rings. The van der Waals surface area contributed by atoms with Gasteiger partial charge in [-0.05, 0) is 62.1 Å². The number of nitrogens with zero attached hydrogens (tertiary/aromatic N) is 2. The first-order chi connectivity index (χ1) is 18.0. The van der Waals surface area contributed by atoms with Crippen molar-refractivity contribution in [1.29, 1.82) is 0 Å². The first kappa shape index (κ1) is 24.4. The highest BCUT2D eigenvalue weighted by Gasteiger charge is 2.22. The van der Waals surface area contributed by atoms with Crippen molar-refractivity contribution in [2.75, 3.05) is 37.0 Å². The van der Waals surface area contributed by atoms with Gasteiger partial charge in [0.25, 0.3) is 5.91 Å². The monoisotopic (exact) mass is 499 g/mol. The molecule has 1 fully saturated rings. The van der Waals surface area contributed by atoms with E-state index >= 15 is 0 Å². The number of aromatic nitrogens is 1. The van der Waals surface area contributed by atoms with Gasteiger partial charge in [-0.2, -0.15) is 0 Å². The van der Waals surface area contributed by atoms with Crippen molar-refractivity contribution >= 4 is 34.4 Å². The van der Waals surface area contributed by atoms with Crippen LogP contribution in [0.4, 0.5) is 11.5 Å². The lowest BCUT2D eigenvalue weighted by atomic mass is 9.98. The van der Waals surface area contributed by atoms with Gasteiger partial charge in [0.1, 0.15) is 17.2 Å². The molecule has 1 saturated heterocycles. The smallest absolute Gasteiger partial charge is 0.337 e. The Balaban J connectivity index is 1.13. The van der Waals surface area contributed by atoms with E-state index in [1.54, 1.807) is 24.4 Å². The SMILES string of the molecule is COC(=O)c1cccc(OCC2CCN(c3ccc(NC(=O)c4oc5ccccc5c4C)cn3)CC2)c1. The van der Waals surface area contributed by atoms with Crippen LogP contribution in [-0.2, 0) is 4.74 Å². The van der Waals surface area contributed by atoms with Gasteiger partial charge in [0.15, 0.2) is 5.76 Å². The normalized spacial score (nSPS) is 13.9. The van der Waals surface area contributed by atoms with E-state index in [9.17, 15) is 9.59 Å². The summed E-state index contributed by atoms with van der Waals surface area (Å²) < 4.78 is 16.5. The third-order valence-electron chi connectivity index (χ3n) is 6.74. The highest BCUT2D eigenvalue weighted by atomic mass is 16.5. The van der Waals surface area contributed by atoms with Gasteiger partial charge in [-0.15, -0.1) is 0 Å². The van der Waals surface area contributed by atoms with Gasteiger partial charge in [-0.25, -0.2) is 9.78 Å². The van der Waals surface area contributed by atoms with Crippen LogP contribution in [0, 0.1) is 12.8 Å². The van der Waals surface area contributed by atoms with Crippen LogP contribution in [0.25, 0.3) is 11.0 Å². The number of amides is 1. The molecule has 0 saturated carbocycles. The minimum absolute atomic E-state index is 0.291. The van der Waals surface area contributed by atoms with E-state index in [0.29, 0.717) is 40.9 Å². The lowest BCUT2D eigenvalue weighted by Gasteiger charge is -2.32. The highest BCUT2D eigenvalue weighted by Crippen LogP contribution is 2.27. The number of pyridine rings is 1. The summed E-state index contributed by atoms with van der Waals surface area (Å²) in [6.07, 6.45) is 3.62. The third-order valence-corrected chi connectivity index (χ3v) is 6.74. The van der Waals surface area contributed by atoms with Crippen LogP contribution in [0.5, 0.6) is 5.75 Å². The highest BCUT2D eigenvalue weighted by molar-refractivity contribution is 6.06. The number of carbonyl (C=O) groups excluding carboxylic acids is 2. The predicted molar refractivity (Wildman–Crippen MR) is 141 cm³/mol. The standard InChI is InChI=1S/C29H29N3O5/c1-19-24-8-3-4-9-25(24)37-27(19)28(33)31-22-10-11-26(30-17-22)32-14-12-20(13-15-32)18-36-23-7-5-6-21(16-23)29(34)35-2/h3-11,16-17,20H,12-15,18H2,1-2H3,(H,31,33). The van der Waals surface area contributed by atoms with Gasteiger partial charge in [-0.3, -0.25) is 4.79 Å². The molecule has 8 heteroatoms. The van der Waals surface area contributed by atoms with Crippen LogP contribution in [0.1, 0.15) is 39.3 Å². The van der Waals surface area contributed by atoms with Crippen LogP contribution in [-0.4, -0.2) is 43.7 Å². The Labute approximate surface area is 215 Å². The summed E-state index contributed by atoms with van der Waals surface area (Å²) >= 11 is 0. The molecule has 2 aromatic carbocycles. The van der Waals surface area contributed by atoms with Crippen LogP contribution in [0.3, 0.4) is 0 Å². The number of aryl methyl sites for hydroxylation is 1. The summed E-state index contributed by atoms with van der Waals surface area (Å²) in [5.41, 5.74) is 2.61. The van der Waals surface area contributed by atoms with Gasteiger partial charge in [0.05, 0.1) is 31.2 Å². The lowest BCUT2D eigenvalue weighted by molar-refractivity contribution is 0.0600. The van der Waals surface area contributed by atoms with Crippen molar-refractivity contribution < 1.29 is 23.5 Å². The van der Waals surface area contributed by atoms with Crippen molar-refractivity contribution in [2.24, 2.45) is 5.92 Å². The number of benzene rings is 2. The molecule has 190 valence electrons. The average Bonchev–Trinajstić information content (AvgIpc) is 3.29. The molecule has 0 atom stereocenters. The minimum atomic E-state index is -0.374.